The number of nitrogens with one attached hydrogen (secondary N) is 2. The molecule has 2 aliphatic heterocycles. The lowest BCUT2D eigenvalue weighted by Crippen LogP contribution is -2.59. The van der Waals surface area contributed by atoms with Crippen LogP contribution in [0.3, 0.4) is 0 Å². The maximum atomic E-state index is 14.1. The fourth-order valence-corrected chi connectivity index (χ4v) is 6.08. The number of oxazole rings is 1. The van der Waals surface area contributed by atoms with Crippen LogP contribution >= 0.6 is 0 Å². The van der Waals surface area contributed by atoms with Crippen LogP contribution in [-0.4, -0.2) is 74.7 Å². The lowest BCUT2D eigenvalue weighted by Gasteiger charge is -2.32. The van der Waals surface area contributed by atoms with Crippen molar-refractivity contribution >= 4 is 35.0 Å². The molecular formula is C31H40N4O8. The molecule has 0 spiro atoms. The van der Waals surface area contributed by atoms with E-state index in [-0.39, 0.29) is 31.9 Å². The van der Waals surface area contributed by atoms with Gasteiger partial charge in [-0.05, 0) is 65.0 Å². The first-order chi connectivity index (χ1) is 20.4. The van der Waals surface area contributed by atoms with E-state index in [1.54, 1.807) is 32.9 Å². The molecule has 2 aromatic rings. The predicted octanol–water partition coefficient (Wildman–Crippen LogP) is 4.08. The molecule has 232 valence electrons. The first-order valence-corrected chi connectivity index (χ1v) is 15.0. The Morgan fingerprint density at radius 1 is 1.19 bits per heavy atom. The Morgan fingerprint density at radius 2 is 1.98 bits per heavy atom. The summed E-state index contributed by atoms with van der Waals surface area (Å²) >= 11 is 0. The van der Waals surface area contributed by atoms with E-state index in [2.05, 4.69) is 21.7 Å². The lowest BCUT2D eigenvalue weighted by molar-refractivity contribution is -0.149. The third-order valence-electron chi connectivity index (χ3n) is 8.18. The van der Waals surface area contributed by atoms with Crippen LogP contribution in [0.25, 0.3) is 11.1 Å². The summed E-state index contributed by atoms with van der Waals surface area (Å²) in [7, 11) is 0. The van der Waals surface area contributed by atoms with Gasteiger partial charge in [0.2, 0.25) is 11.8 Å². The molecule has 1 aromatic carbocycles. The van der Waals surface area contributed by atoms with Crippen molar-refractivity contribution in [2.24, 2.45) is 0 Å². The maximum Gasteiger partial charge on any atom is 0.408 e. The number of aliphatic carboxylic acids is 1. The van der Waals surface area contributed by atoms with E-state index >= 15 is 0 Å². The Balaban J connectivity index is 1.43. The number of nitrogens with zero attached hydrogens (tertiary/aromatic N) is 2. The van der Waals surface area contributed by atoms with E-state index in [4.69, 9.17) is 13.9 Å². The topological polar surface area (TPSA) is 160 Å². The number of carbonyl (C=O) groups excluding carboxylic acids is 3. The summed E-state index contributed by atoms with van der Waals surface area (Å²) in [5, 5.41) is 15.7. The molecule has 3 amide bonds. The molecule has 1 saturated heterocycles. The number of ether oxygens (including phenoxy) is 2. The highest BCUT2D eigenvalue weighted by Crippen LogP contribution is 2.36. The van der Waals surface area contributed by atoms with Gasteiger partial charge in [0.25, 0.3) is 0 Å². The second-order valence-corrected chi connectivity index (χ2v) is 12.7. The van der Waals surface area contributed by atoms with Crippen LogP contribution < -0.4 is 15.4 Å². The zero-order valence-corrected chi connectivity index (χ0v) is 24.9. The summed E-state index contributed by atoms with van der Waals surface area (Å²) < 4.78 is 17.2. The minimum Gasteiger partial charge on any atom is -0.479 e. The Kier molecular flexibility index (Phi) is 8.66. The van der Waals surface area contributed by atoms with Crippen molar-refractivity contribution in [1.82, 2.24) is 20.5 Å². The quantitative estimate of drug-likeness (QED) is 0.442. The van der Waals surface area contributed by atoms with Crippen LogP contribution in [0.5, 0.6) is 6.08 Å². The Morgan fingerprint density at radius 3 is 2.72 bits per heavy atom. The van der Waals surface area contributed by atoms with Crippen molar-refractivity contribution in [3.05, 3.63) is 35.9 Å². The molecular weight excluding hydrogens is 556 g/mol. The molecule has 2 fully saturated rings. The summed E-state index contributed by atoms with van der Waals surface area (Å²) in [5.41, 5.74) is -0.0628. The van der Waals surface area contributed by atoms with E-state index < -0.39 is 53.2 Å². The van der Waals surface area contributed by atoms with Gasteiger partial charge in [-0.2, -0.15) is 4.98 Å². The lowest BCUT2D eigenvalue weighted by atomic mass is 9.96. The van der Waals surface area contributed by atoms with Crippen LogP contribution in [0.1, 0.15) is 78.6 Å². The summed E-state index contributed by atoms with van der Waals surface area (Å²) in [5.74, 6) is -2.14. The van der Waals surface area contributed by atoms with Crippen LogP contribution in [0.4, 0.5) is 4.79 Å². The number of rotatable bonds is 4. The number of hydrogen-bond acceptors (Lipinski definition) is 8. The SMILES string of the molecule is CC(C)(C)OC(=O)N[C@H]1CCCCC/C=C2/CC[C@](C(=O)O)(C2)NC(=O)[C@@H]2C[C@@H](Oc3nc4ccccc4o3)CN2C1=O. The molecule has 1 aromatic heterocycles. The standard InChI is InChI=1S/C31H40N4O8/c1-30(2,3)43-28(40)32-22-12-7-5-4-6-10-19-14-15-31(17-19,27(38)39)34-25(36)23-16-20(18-35(23)26(22)37)41-29-33-21-11-8-9-13-24(21)42-29/h8-11,13,20,22-23H,4-7,12,14-18H2,1-3H3,(H,32,40)(H,34,36)(H,38,39)/b19-10-/t20-,22+,23+,31-/m1/s1. The van der Waals surface area contributed by atoms with Gasteiger partial charge in [-0.3, -0.25) is 9.59 Å². The van der Waals surface area contributed by atoms with Gasteiger partial charge >= 0.3 is 18.1 Å². The average Bonchev–Trinajstić information content (AvgIpc) is 3.65. The van der Waals surface area contributed by atoms with Gasteiger partial charge in [0, 0.05) is 12.8 Å². The highest BCUT2D eigenvalue weighted by atomic mass is 16.6. The number of aromatic nitrogens is 1. The molecule has 12 nitrogen and oxygen atoms in total. The number of carboxylic acids is 1. The van der Waals surface area contributed by atoms with Crippen LogP contribution in [0.2, 0.25) is 0 Å². The fraction of sp³-hybridized carbons (Fsp3) is 0.581. The third-order valence-corrected chi connectivity index (χ3v) is 8.18. The molecule has 5 rings (SSSR count). The molecule has 3 heterocycles. The molecule has 3 aliphatic rings. The van der Waals surface area contributed by atoms with E-state index in [1.807, 2.05) is 12.1 Å². The number of alkyl carbamates (subject to hydrolysis) is 1. The van der Waals surface area contributed by atoms with Crippen molar-refractivity contribution < 1.29 is 38.2 Å². The molecule has 12 heteroatoms. The Bertz CT molecular complexity index is 1380. The number of amides is 3. The van der Waals surface area contributed by atoms with Gasteiger partial charge in [0.1, 0.15) is 34.8 Å². The summed E-state index contributed by atoms with van der Waals surface area (Å²) in [4.78, 5) is 58.9. The fourth-order valence-electron chi connectivity index (χ4n) is 6.08. The number of para-hydroxylation sites is 2. The molecule has 43 heavy (non-hydrogen) atoms. The van der Waals surface area contributed by atoms with E-state index in [1.165, 1.54) is 4.90 Å². The Labute approximate surface area is 250 Å². The molecule has 4 atom stereocenters. The van der Waals surface area contributed by atoms with Gasteiger partial charge < -0.3 is 34.5 Å². The van der Waals surface area contributed by atoms with Gasteiger partial charge in [-0.1, -0.05) is 36.6 Å². The highest BCUT2D eigenvalue weighted by molar-refractivity contribution is 5.95. The smallest absolute Gasteiger partial charge is 0.408 e. The van der Waals surface area contributed by atoms with Crippen LogP contribution in [0, 0.1) is 0 Å². The molecule has 0 radical (unpaired) electrons. The second-order valence-electron chi connectivity index (χ2n) is 12.7. The van der Waals surface area contributed by atoms with Crippen molar-refractivity contribution in [3.8, 4) is 6.08 Å². The van der Waals surface area contributed by atoms with E-state index in [0.29, 0.717) is 30.4 Å². The molecule has 0 unspecified atom stereocenters. The molecule has 2 bridgehead atoms. The van der Waals surface area contributed by atoms with Gasteiger partial charge in [-0.15, -0.1) is 0 Å². The zero-order valence-electron chi connectivity index (χ0n) is 24.9. The minimum absolute atomic E-state index is 0.0119. The number of fused-ring (bicyclic) bond motifs is 4. The van der Waals surface area contributed by atoms with Crippen LogP contribution in [-0.2, 0) is 19.1 Å². The molecule has 3 N–H and O–H groups in total. The largest absolute Gasteiger partial charge is 0.479 e. The van der Waals surface area contributed by atoms with Crippen LogP contribution in [0.15, 0.2) is 40.3 Å². The van der Waals surface area contributed by atoms with E-state index in [0.717, 1.165) is 24.8 Å². The van der Waals surface area contributed by atoms with Crippen molar-refractivity contribution in [1.29, 1.82) is 0 Å². The van der Waals surface area contributed by atoms with Gasteiger partial charge in [0.05, 0.1) is 6.54 Å². The number of carbonyl (C=O) groups is 4. The summed E-state index contributed by atoms with van der Waals surface area (Å²) in [6.07, 6.45) is 5.35. The van der Waals surface area contributed by atoms with Crippen molar-refractivity contribution in [3.63, 3.8) is 0 Å². The highest BCUT2D eigenvalue weighted by Gasteiger charge is 2.49. The number of allylic oxidation sites excluding steroid dienone is 1. The third kappa shape index (κ3) is 7.11. The molecule has 1 saturated carbocycles. The number of benzene rings is 1. The maximum absolute atomic E-state index is 14.1. The normalized spacial score (nSPS) is 28.2. The predicted molar refractivity (Wildman–Crippen MR) is 155 cm³/mol. The molecule has 1 aliphatic carbocycles. The second kappa shape index (κ2) is 12.3. The summed E-state index contributed by atoms with van der Waals surface area (Å²) in [6, 6.07) is 5.20. The Hall–Kier alpha value is -4.09. The average molecular weight is 597 g/mol. The van der Waals surface area contributed by atoms with Gasteiger partial charge in [-0.25, -0.2) is 9.59 Å². The summed E-state index contributed by atoms with van der Waals surface area (Å²) in [6.45, 7) is 5.23. The van der Waals surface area contributed by atoms with Crippen molar-refractivity contribution in [2.75, 3.05) is 6.54 Å². The van der Waals surface area contributed by atoms with Crippen molar-refractivity contribution in [2.45, 2.75) is 108 Å². The first-order valence-electron chi connectivity index (χ1n) is 15.0. The number of carboxylic acid groups (broad SMARTS) is 1. The first kappa shape index (κ1) is 30.4. The van der Waals surface area contributed by atoms with Gasteiger partial charge in [0.15, 0.2) is 5.58 Å². The monoisotopic (exact) mass is 596 g/mol. The zero-order chi connectivity index (χ0) is 30.8. The van der Waals surface area contributed by atoms with E-state index in [9.17, 15) is 24.3 Å². The number of hydrogen-bond donors (Lipinski definition) is 3. The minimum atomic E-state index is -1.45.